The van der Waals surface area contributed by atoms with Crippen molar-refractivity contribution in [3.63, 3.8) is 0 Å². The minimum absolute atomic E-state index is 0. The summed E-state index contributed by atoms with van der Waals surface area (Å²) in [7, 11) is 6.49. The van der Waals surface area contributed by atoms with E-state index in [2.05, 4.69) is 62.4 Å². The van der Waals surface area contributed by atoms with Crippen molar-refractivity contribution >= 4 is 66.4 Å². The molecule has 0 atom stereocenters. The number of ether oxygens (including phenoxy) is 4. The average molecular weight is 714 g/mol. The summed E-state index contributed by atoms with van der Waals surface area (Å²) in [4.78, 5) is 0. The van der Waals surface area contributed by atoms with E-state index in [-0.39, 0.29) is 18.1 Å². The third-order valence-electron chi connectivity index (χ3n) is 3.68. The van der Waals surface area contributed by atoms with E-state index in [1.165, 1.54) is 5.56 Å². The van der Waals surface area contributed by atoms with Crippen LogP contribution in [0.5, 0.6) is 23.0 Å². The van der Waals surface area contributed by atoms with Gasteiger partial charge in [-0.3, -0.25) is 0 Å². The fourth-order valence-corrected chi connectivity index (χ4v) is 2.77. The van der Waals surface area contributed by atoms with Crippen molar-refractivity contribution in [1.29, 1.82) is 0 Å². The van der Waals surface area contributed by atoms with Crippen LogP contribution in [0.3, 0.4) is 0 Å². The lowest BCUT2D eigenvalue weighted by atomic mass is 10.1. The maximum atomic E-state index is 8.74. The van der Waals surface area contributed by atoms with Crippen molar-refractivity contribution in [2.75, 3.05) is 40.4 Å². The maximum absolute atomic E-state index is 8.74. The van der Waals surface area contributed by atoms with Gasteiger partial charge in [0.15, 0.2) is 23.0 Å². The van der Waals surface area contributed by atoms with Gasteiger partial charge < -0.3 is 24.1 Å². The summed E-state index contributed by atoms with van der Waals surface area (Å²) in [5.74, 6) is 2.99. The van der Waals surface area contributed by atoms with Crippen molar-refractivity contribution in [2.24, 2.45) is 0 Å². The molecule has 0 radical (unpaired) electrons. The van der Waals surface area contributed by atoms with E-state index in [4.69, 9.17) is 24.1 Å². The van der Waals surface area contributed by atoms with Gasteiger partial charge in [0.1, 0.15) is 4.03 Å². The molecule has 5 nitrogen and oxygen atoms in total. The molecule has 0 heterocycles. The van der Waals surface area contributed by atoms with E-state index in [1.807, 2.05) is 36.4 Å². The summed E-state index contributed by atoms with van der Waals surface area (Å²) in [6, 6.07) is 11.6. The number of aryl methyl sites for hydroxylation is 1. The molecular weight excluding hydrogens is 683 g/mol. The van der Waals surface area contributed by atoms with Crippen LogP contribution in [-0.2, 0) is 12.8 Å². The molecule has 2 rings (SSSR count). The molecule has 0 unspecified atom stereocenters. The van der Waals surface area contributed by atoms with Gasteiger partial charge in [-0.05, 0) is 94.7 Å². The molecule has 2 aromatic rings. The van der Waals surface area contributed by atoms with E-state index in [0.717, 1.165) is 28.8 Å². The molecule has 178 valence electrons. The second kappa shape index (κ2) is 20.5. The number of rotatable bonds is 8. The molecule has 1 N–H and O–H groups in total. The predicted octanol–water partition coefficient (Wildman–Crippen LogP) is 7.91. The molecule has 0 saturated carbocycles. The van der Waals surface area contributed by atoms with Gasteiger partial charge in [-0.1, -0.05) is 35.5 Å². The number of hydrogen-bond donors (Lipinski definition) is 1. The Bertz CT molecular complexity index is 660. The fourth-order valence-electron chi connectivity index (χ4n) is 2.31. The zero-order valence-corrected chi connectivity index (χ0v) is 24.6. The number of aliphatic hydroxyl groups is 1. The molecule has 2 aromatic carbocycles. The Labute approximate surface area is 220 Å². The molecule has 31 heavy (non-hydrogen) atoms. The maximum Gasteiger partial charge on any atom is 0.160 e. The second-order valence-electron chi connectivity index (χ2n) is 5.48. The molecule has 0 amide bonds. The normalized spacial score (nSPS) is 9.35. The Hall–Kier alpha value is -0.0500. The Morgan fingerprint density at radius 2 is 1.06 bits per heavy atom. The van der Waals surface area contributed by atoms with E-state index in [9.17, 15) is 0 Å². The van der Waals surface area contributed by atoms with Crippen LogP contribution in [0.2, 0.25) is 0 Å². The zero-order valence-electron chi connectivity index (χ0n) is 17.3. The van der Waals surface area contributed by atoms with Crippen LogP contribution in [0.1, 0.15) is 18.6 Å². The van der Waals surface area contributed by atoms with E-state index in [0.29, 0.717) is 17.9 Å². The van der Waals surface area contributed by atoms with Crippen LogP contribution >= 0.6 is 66.4 Å². The monoisotopic (exact) mass is 710 g/mol. The van der Waals surface area contributed by atoms with Crippen molar-refractivity contribution in [1.82, 2.24) is 0 Å². The summed E-state index contributed by atoms with van der Waals surface area (Å²) < 4.78 is 20.3. The number of hydrogen-bond acceptors (Lipinski definition) is 5. The Morgan fingerprint density at radius 1 is 0.710 bits per heavy atom. The Morgan fingerprint density at radius 3 is 1.35 bits per heavy atom. The van der Waals surface area contributed by atoms with Crippen molar-refractivity contribution < 1.29 is 24.1 Å². The van der Waals surface area contributed by atoms with Gasteiger partial charge in [0.05, 0.1) is 28.4 Å². The van der Waals surface area contributed by atoms with Crippen LogP contribution in [0, 0.1) is 0 Å². The van der Waals surface area contributed by atoms with Crippen molar-refractivity contribution in [3.05, 3.63) is 47.5 Å². The molecule has 0 aliphatic heterocycles. The van der Waals surface area contributed by atoms with Crippen molar-refractivity contribution in [3.8, 4) is 23.0 Å². The number of methoxy groups -OCH3 is 4. The highest BCUT2D eigenvalue weighted by Gasteiger charge is 2.04. The molecular formula is C21H31Br4O5P. The summed E-state index contributed by atoms with van der Waals surface area (Å²) in [5, 5.41) is 9.70. The summed E-state index contributed by atoms with van der Waals surface area (Å²) in [6.07, 6.45) is 1.64. The van der Waals surface area contributed by atoms with E-state index >= 15 is 0 Å². The van der Waals surface area contributed by atoms with Gasteiger partial charge in [0.25, 0.3) is 0 Å². The highest BCUT2D eigenvalue weighted by Crippen LogP contribution is 2.59. The molecule has 0 aliphatic carbocycles. The fraction of sp³-hybridized carbons (Fsp3) is 0.429. The lowest BCUT2D eigenvalue weighted by Crippen LogP contribution is -1.94. The summed E-state index contributed by atoms with van der Waals surface area (Å²) in [5.41, 5.74) is 2.29. The highest BCUT2D eigenvalue weighted by atomic mass is 80.0. The first-order chi connectivity index (χ1) is 14.4. The van der Waals surface area contributed by atoms with Crippen LogP contribution in [0.4, 0.5) is 0 Å². The van der Waals surface area contributed by atoms with Gasteiger partial charge in [-0.25, -0.2) is 0 Å². The predicted molar refractivity (Wildman–Crippen MR) is 148 cm³/mol. The molecule has 0 bridgehead atoms. The number of alkyl halides is 1. The minimum atomic E-state index is -0.183. The second-order valence-corrected chi connectivity index (χ2v) is 21.6. The lowest BCUT2D eigenvalue weighted by molar-refractivity contribution is 0.299. The minimum Gasteiger partial charge on any atom is -0.493 e. The first-order valence-corrected chi connectivity index (χ1v) is 17.2. The Balaban J connectivity index is 0. The number of benzene rings is 2. The van der Waals surface area contributed by atoms with E-state index < -0.39 is 0 Å². The van der Waals surface area contributed by atoms with Crippen LogP contribution in [0.25, 0.3) is 0 Å². The van der Waals surface area contributed by atoms with Crippen LogP contribution in [0.15, 0.2) is 36.4 Å². The summed E-state index contributed by atoms with van der Waals surface area (Å²) in [6.45, 7) is 0.148. The zero-order chi connectivity index (χ0) is 22.9. The first kappa shape index (κ1) is 33.1. The van der Waals surface area contributed by atoms with E-state index in [1.54, 1.807) is 28.4 Å². The molecule has 0 spiro atoms. The third-order valence-corrected chi connectivity index (χ3v) is 4.08. The smallest absolute Gasteiger partial charge is 0.160 e. The largest absolute Gasteiger partial charge is 0.493 e. The standard InChI is InChI=1S/C10H13BrO2.C10H14O3.CH4.Br3P/c2*1-12-9-4-3-8(5-6-11)7-10(9)13-2;;1-4(2)3/h3-4,7H,5-6H2,1-2H3;3-4,7,11H,5-6H2,1-2H3;1H4;. The average Bonchev–Trinajstić information content (AvgIpc) is 2.74. The molecule has 0 aromatic heterocycles. The SMILES string of the molecule is BrP(Br)Br.C.COc1ccc(CCBr)cc1OC.COc1ccc(CCO)cc1OC. The lowest BCUT2D eigenvalue weighted by Gasteiger charge is -2.08. The van der Waals surface area contributed by atoms with Gasteiger partial charge in [-0.15, -0.1) is 0 Å². The van der Waals surface area contributed by atoms with Gasteiger partial charge >= 0.3 is 0 Å². The Kier molecular flexibility index (Phi) is 22.0. The highest BCUT2D eigenvalue weighted by molar-refractivity contribution is 9.93. The number of aliphatic hydroxyl groups excluding tert-OH is 1. The van der Waals surface area contributed by atoms with Gasteiger partial charge in [-0.2, -0.15) is 0 Å². The van der Waals surface area contributed by atoms with Crippen LogP contribution < -0.4 is 18.9 Å². The summed E-state index contributed by atoms with van der Waals surface area (Å²) >= 11 is 12.9. The van der Waals surface area contributed by atoms with Gasteiger partial charge in [0, 0.05) is 11.9 Å². The third kappa shape index (κ3) is 14.7. The molecule has 0 fully saturated rings. The quantitative estimate of drug-likeness (QED) is 0.223. The molecule has 10 heteroatoms. The first-order valence-electron chi connectivity index (χ1n) is 8.72. The topological polar surface area (TPSA) is 57.2 Å². The van der Waals surface area contributed by atoms with Gasteiger partial charge in [0.2, 0.25) is 0 Å². The molecule has 0 aliphatic rings. The molecule has 0 saturated heterocycles. The van der Waals surface area contributed by atoms with Crippen LogP contribution in [-0.4, -0.2) is 45.5 Å². The van der Waals surface area contributed by atoms with Crippen molar-refractivity contribution in [2.45, 2.75) is 20.3 Å². The number of halogens is 4.